The Morgan fingerprint density at radius 3 is 2.57 bits per heavy atom. The minimum atomic E-state index is -0.985. The normalized spacial score (nSPS) is 18.3. The van der Waals surface area contributed by atoms with Crippen LogP contribution in [-0.2, 0) is 11.3 Å². The van der Waals surface area contributed by atoms with E-state index < -0.39 is 6.10 Å². The van der Waals surface area contributed by atoms with Crippen LogP contribution in [0, 0.1) is 0 Å². The van der Waals surface area contributed by atoms with Gasteiger partial charge in [0.05, 0.1) is 5.69 Å². The maximum Gasteiger partial charge on any atom is 0.209 e. The zero-order valence-electron chi connectivity index (χ0n) is 11.8. The molecule has 1 aromatic heterocycles. The van der Waals surface area contributed by atoms with E-state index in [2.05, 4.69) is 0 Å². The maximum atomic E-state index is 12.5. The van der Waals surface area contributed by atoms with Gasteiger partial charge in [-0.25, -0.2) is 0 Å². The SMILES string of the molecule is CC(=O)C(O)C1CCn2c(C(=O)c3ccccc3)ccc21. The van der Waals surface area contributed by atoms with Crippen LogP contribution >= 0.6 is 0 Å². The summed E-state index contributed by atoms with van der Waals surface area (Å²) in [7, 11) is 0. The Labute approximate surface area is 123 Å². The number of aliphatic hydroxyl groups is 1. The van der Waals surface area contributed by atoms with Crippen LogP contribution in [0.3, 0.4) is 0 Å². The van der Waals surface area contributed by atoms with Crippen LogP contribution in [0.15, 0.2) is 42.5 Å². The molecule has 0 bridgehead atoms. The fourth-order valence-electron chi connectivity index (χ4n) is 3.01. The van der Waals surface area contributed by atoms with Crippen LogP contribution in [0.2, 0.25) is 0 Å². The van der Waals surface area contributed by atoms with Gasteiger partial charge in [0.1, 0.15) is 6.10 Å². The first-order valence-electron chi connectivity index (χ1n) is 7.07. The molecule has 0 amide bonds. The van der Waals surface area contributed by atoms with E-state index in [9.17, 15) is 14.7 Å². The van der Waals surface area contributed by atoms with Gasteiger partial charge >= 0.3 is 0 Å². The summed E-state index contributed by atoms with van der Waals surface area (Å²) in [4.78, 5) is 23.9. The topological polar surface area (TPSA) is 59.3 Å². The summed E-state index contributed by atoms with van der Waals surface area (Å²) in [5, 5.41) is 9.99. The van der Waals surface area contributed by atoms with E-state index in [-0.39, 0.29) is 17.5 Å². The number of aliphatic hydroxyl groups excluding tert-OH is 1. The van der Waals surface area contributed by atoms with Crippen molar-refractivity contribution in [2.75, 3.05) is 0 Å². The van der Waals surface area contributed by atoms with Crippen LogP contribution in [0.5, 0.6) is 0 Å². The van der Waals surface area contributed by atoms with Gasteiger partial charge in [0.15, 0.2) is 5.78 Å². The van der Waals surface area contributed by atoms with E-state index in [1.807, 2.05) is 28.8 Å². The van der Waals surface area contributed by atoms with Gasteiger partial charge in [-0.1, -0.05) is 30.3 Å². The molecule has 0 saturated carbocycles. The fourth-order valence-corrected chi connectivity index (χ4v) is 3.01. The predicted molar refractivity (Wildman–Crippen MR) is 78.4 cm³/mol. The molecular formula is C17H17NO3. The van der Waals surface area contributed by atoms with Gasteiger partial charge in [-0.15, -0.1) is 0 Å². The van der Waals surface area contributed by atoms with E-state index in [1.54, 1.807) is 18.2 Å². The molecule has 3 rings (SSSR count). The molecule has 0 radical (unpaired) electrons. The number of hydrogen-bond acceptors (Lipinski definition) is 3. The number of ketones is 2. The third-order valence-corrected chi connectivity index (χ3v) is 4.12. The van der Waals surface area contributed by atoms with Crippen molar-refractivity contribution in [1.29, 1.82) is 0 Å². The lowest BCUT2D eigenvalue weighted by Crippen LogP contribution is -2.24. The Morgan fingerprint density at radius 2 is 1.90 bits per heavy atom. The summed E-state index contributed by atoms with van der Waals surface area (Å²) >= 11 is 0. The summed E-state index contributed by atoms with van der Waals surface area (Å²) in [6.45, 7) is 2.05. The van der Waals surface area contributed by atoms with Gasteiger partial charge in [-0.2, -0.15) is 0 Å². The highest BCUT2D eigenvalue weighted by atomic mass is 16.3. The van der Waals surface area contributed by atoms with Gasteiger partial charge < -0.3 is 9.67 Å². The van der Waals surface area contributed by atoms with Gasteiger partial charge in [0, 0.05) is 23.7 Å². The fraction of sp³-hybridized carbons (Fsp3) is 0.294. The van der Waals surface area contributed by atoms with Gasteiger partial charge in [0.2, 0.25) is 5.78 Å². The zero-order valence-corrected chi connectivity index (χ0v) is 11.8. The molecular weight excluding hydrogens is 266 g/mol. The van der Waals surface area contributed by atoms with Crippen molar-refractivity contribution >= 4 is 11.6 Å². The third-order valence-electron chi connectivity index (χ3n) is 4.12. The van der Waals surface area contributed by atoms with Crippen molar-refractivity contribution in [2.45, 2.75) is 31.9 Å². The quantitative estimate of drug-likeness (QED) is 0.875. The predicted octanol–water partition coefficient (Wildman–Crippen LogP) is 2.16. The molecule has 2 heterocycles. The molecule has 1 N–H and O–H groups in total. The van der Waals surface area contributed by atoms with Crippen molar-refractivity contribution in [2.24, 2.45) is 0 Å². The molecule has 1 aliphatic rings. The summed E-state index contributed by atoms with van der Waals surface area (Å²) in [5.74, 6) is -0.467. The summed E-state index contributed by atoms with van der Waals surface area (Å²) < 4.78 is 1.92. The molecule has 0 aliphatic carbocycles. The minimum Gasteiger partial charge on any atom is -0.385 e. The standard InChI is InChI=1S/C17H17NO3/c1-11(19)16(20)13-9-10-18-14(13)7-8-15(18)17(21)12-5-3-2-4-6-12/h2-8,13,16,20H,9-10H2,1H3. The molecule has 4 heteroatoms. The van der Waals surface area contributed by atoms with Gasteiger partial charge in [0.25, 0.3) is 0 Å². The molecule has 2 unspecified atom stereocenters. The van der Waals surface area contributed by atoms with Crippen LogP contribution in [0.25, 0.3) is 0 Å². The number of benzene rings is 1. The molecule has 1 aromatic carbocycles. The molecule has 1 aliphatic heterocycles. The Bertz CT molecular complexity index is 687. The molecule has 108 valence electrons. The van der Waals surface area contributed by atoms with Crippen molar-refractivity contribution < 1.29 is 14.7 Å². The summed E-state index contributed by atoms with van der Waals surface area (Å²) in [6, 6.07) is 12.8. The van der Waals surface area contributed by atoms with E-state index in [0.29, 0.717) is 24.2 Å². The first kappa shape index (κ1) is 13.8. The number of carbonyl (C=O) groups is 2. The number of rotatable bonds is 4. The Kier molecular flexibility index (Phi) is 3.47. The lowest BCUT2D eigenvalue weighted by Gasteiger charge is -2.14. The van der Waals surface area contributed by atoms with Crippen LogP contribution in [0.1, 0.15) is 41.0 Å². The zero-order chi connectivity index (χ0) is 15.0. The van der Waals surface area contributed by atoms with Crippen LogP contribution in [-0.4, -0.2) is 27.3 Å². The monoisotopic (exact) mass is 283 g/mol. The molecule has 4 nitrogen and oxygen atoms in total. The lowest BCUT2D eigenvalue weighted by molar-refractivity contribution is -0.126. The van der Waals surface area contributed by atoms with Crippen LogP contribution < -0.4 is 0 Å². The molecule has 21 heavy (non-hydrogen) atoms. The highest BCUT2D eigenvalue weighted by Gasteiger charge is 2.33. The second kappa shape index (κ2) is 5.30. The Morgan fingerprint density at radius 1 is 1.19 bits per heavy atom. The second-order valence-electron chi connectivity index (χ2n) is 5.44. The first-order chi connectivity index (χ1) is 10.1. The average Bonchev–Trinajstić information content (AvgIpc) is 3.08. The Hall–Kier alpha value is -2.20. The van der Waals surface area contributed by atoms with Crippen molar-refractivity contribution in [3.63, 3.8) is 0 Å². The Balaban J connectivity index is 1.93. The highest BCUT2D eigenvalue weighted by Crippen LogP contribution is 2.34. The number of Topliss-reactive ketones (excluding diaryl/α,β-unsaturated/α-hetero) is 1. The molecule has 0 fully saturated rings. The minimum absolute atomic E-state index is 0.0279. The molecule has 2 aromatic rings. The summed E-state index contributed by atoms with van der Waals surface area (Å²) in [5.41, 5.74) is 2.14. The van der Waals surface area contributed by atoms with Crippen molar-refractivity contribution in [3.8, 4) is 0 Å². The van der Waals surface area contributed by atoms with Crippen molar-refractivity contribution in [3.05, 3.63) is 59.4 Å². The number of fused-ring (bicyclic) bond motifs is 1. The number of nitrogens with zero attached hydrogens (tertiary/aromatic N) is 1. The van der Waals surface area contributed by atoms with E-state index in [0.717, 1.165) is 5.69 Å². The van der Waals surface area contributed by atoms with Crippen LogP contribution in [0.4, 0.5) is 0 Å². The van der Waals surface area contributed by atoms with E-state index >= 15 is 0 Å². The van der Waals surface area contributed by atoms with E-state index in [1.165, 1.54) is 6.92 Å². The van der Waals surface area contributed by atoms with Gasteiger partial charge in [-0.05, 0) is 25.5 Å². The number of carbonyl (C=O) groups excluding carboxylic acids is 2. The second-order valence-corrected chi connectivity index (χ2v) is 5.44. The lowest BCUT2D eigenvalue weighted by atomic mass is 9.95. The molecule has 2 atom stereocenters. The average molecular weight is 283 g/mol. The van der Waals surface area contributed by atoms with Gasteiger partial charge in [-0.3, -0.25) is 9.59 Å². The maximum absolute atomic E-state index is 12.5. The first-order valence-corrected chi connectivity index (χ1v) is 7.07. The summed E-state index contributed by atoms with van der Waals surface area (Å²) in [6.07, 6.45) is -0.299. The number of aromatic nitrogens is 1. The molecule has 0 saturated heterocycles. The number of hydrogen-bond donors (Lipinski definition) is 1. The van der Waals surface area contributed by atoms with E-state index in [4.69, 9.17) is 0 Å². The van der Waals surface area contributed by atoms with Crippen molar-refractivity contribution in [1.82, 2.24) is 4.57 Å². The smallest absolute Gasteiger partial charge is 0.209 e. The highest BCUT2D eigenvalue weighted by molar-refractivity contribution is 6.08. The molecule has 0 spiro atoms. The third kappa shape index (κ3) is 2.32. The largest absolute Gasteiger partial charge is 0.385 e.